The van der Waals surface area contributed by atoms with E-state index in [1.54, 1.807) is 63.0 Å². The lowest BCUT2D eigenvalue weighted by atomic mass is 10.1. The van der Waals surface area contributed by atoms with Gasteiger partial charge in [0.25, 0.3) is 5.91 Å². The monoisotopic (exact) mass is 460 g/mol. The highest BCUT2D eigenvalue weighted by Crippen LogP contribution is 2.31. The number of aromatic nitrogens is 4. The molecule has 1 aliphatic heterocycles. The Hall–Kier alpha value is -4.36. The minimum Gasteiger partial charge on any atom is -0.365 e. The molecule has 5 rings (SSSR count). The van der Waals surface area contributed by atoms with E-state index in [9.17, 15) is 9.59 Å². The van der Waals surface area contributed by atoms with Gasteiger partial charge in [-0.15, -0.1) is 0 Å². The Morgan fingerprint density at radius 3 is 2.73 bits per heavy atom. The van der Waals surface area contributed by atoms with Gasteiger partial charge >= 0.3 is 6.03 Å². The molecular formula is C22H17ClN8O2. The minimum absolute atomic E-state index is 0.161. The number of amides is 3. The molecule has 0 bridgehead atoms. The molecule has 3 aromatic heterocycles. The summed E-state index contributed by atoms with van der Waals surface area (Å²) >= 11 is 6.38. The summed E-state index contributed by atoms with van der Waals surface area (Å²) in [5, 5.41) is 16.8. The summed E-state index contributed by atoms with van der Waals surface area (Å²) in [6.07, 6.45) is 5.04. The van der Waals surface area contributed by atoms with Crippen molar-refractivity contribution in [1.82, 2.24) is 24.1 Å². The standard InChI is InChI=1S/C22H17ClN8O2/c23-16-7-14(10-30-12-26-9-17(16)30)20-19(21(25)32)18-11-29(5-6-31(18)28-20)22(33)27-15-3-1-13(8-24)2-4-15/h1-4,7,9-10,12H,5-6,11H2,(H2,25,32)(H,27,33). The van der Waals surface area contributed by atoms with Crippen LogP contribution in [-0.4, -0.2) is 42.5 Å². The number of carbonyl (C=O) groups excluding carboxylic acids is 2. The third-order valence-electron chi connectivity index (χ3n) is 5.52. The van der Waals surface area contributed by atoms with E-state index < -0.39 is 5.91 Å². The Morgan fingerprint density at radius 1 is 1.21 bits per heavy atom. The molecule has 3 amide bonds. The van der Waals surface area contributed by atoms with Gasteiger partial charge in [-0.2, -0.15) is 10.4 Å². The SMILES string of the molecule is N#Cc1ccc(NC(=O)N2CCn3nc(-c4cc(Cl)c5cncn5c4)c(C(N)=O)c3C2)cc1. The fourth-order valence-electron chi connectivity index (χ4n) is 3.90. The maximum atomic E-state index is 12.8. The fraction of sp³-hybridized carbons (Fsp3) is 0.136. The molecule has 164 valence electrons. The van der Waals surface area contributed by atoms with Crippen LogP contribution in [0.4, 0.5) is 10.5 Å². The number of nitriles is 1. The molecule has 0 atom stereocenters. The van der Waals surface area contributed by atoms with Crippen LogP contribution in [0.3, 0.4) is 0 Å². The molecule has 0 spiro atoms. The molecule has 0 saturated carbocycles. The number of primary amides is 1. The van der Waals surface area contributed by atoms with Gasteiger partial charge in [0.1, 0.15) is 5.69 Å². The van der Waals surface area contributed by atoms with Gasteiger partial charge in [-0.1, -0.05) is 11.6 Å². The van der Waals surface area contributed by atoms with Gasteiger partial charge in [-0.3, -0.25) is 9.48 Å². The van der Waals surface area contributed by atoms with Crippen molar-refractivity contribution in [2.24, 2.45) is 5.73 Å². The van der Waals surface area contributed by atoms with E-state index in [2.05, 4.69) is 15.4 Å². The second-order valence-electron chi connectivity index (χ2n) is 7.56. The van der Waals surface area contributed by atoms with Crippen LogP contribution in [0.2, 0.25) is 5.02 Å². The number of fused-ring (bicyclic) bond motifs is 2. The maximum absolute atomic E-state index is 12.8. The molecule has 1 aromatic carbocycles. The lowest BCUT2D eigenvalue weighted by molar-refractivity contribution is 0.0997. The van der Waals surface area contributed by atoms with Crippen molar-refractivity contribution >= 4 is 34.7 Å². The quantitative estimate of drug-likeness (QED) is 0.484. The van der Waals surface area contributed by atoms with Crippen molar-refractivity contribution in [3.8, 4) is 17.3 Å². The number of carbonyl (C=O) groups is 2. The zero-order valence-corrected chi connectivity index (χ0v) is 18.0. The van der Waals surface area contributed by atoms with Crippen LogP contribution in [0.15, 0.2) is 49.1 Å². The number of nitrogens with one attached hydrogen (secondary N) is 1. The van der Waals surface area contributed by atoms with Crippen LogP contribution in [0.25, 0.3) is 16.8 Å². The largest absolute Gasteiger partial charge is 0.365 e. The number of pyridine rings is 1. The number of hydrogen-bond acceptors (Lipinski definition) is 5. The van der Waals surface area contributed by atoms with Crippen LogP contribution in [0.1, 0.15) is 21.6 Å². The van der Waals surface area contributed by atoms with Crippen LogP contribution in [-0.2, 0) is 13.1 Å². The van der Waals surface area contributed by atoms with Crippen molar-refractivity contribution in [3.63, 3.8) is 0 Å². The predicted molar refractivity (Wildman–Crippen MR) is 121 cm³/mol. The zero-order chi connectivity index (χ0) is 23.1. The first-order valence-corrected chi connectivity index (χ1v) is 10.4. The van der Waals surface area contributed by atoms with Gasteiger partial charge in [0, 0.05) is 24.0 Å². The Bertz CT molecular complexity index is 1450. The molecule has 0 fully saturated rings. The number of benzene rings is 1. The Kier molecular flexibility index (Phi) is 4.95. The van der Waals surface area contributed by atoms with Crippen LogP contribution in [0.5, 0.6) is 0 Å². The molecule has 1 aliphatic rings. The normalized spacial score (nSPS) is 12.9. The Morgan fingerprint density at radius 2 is 2.00 bits per heavy atom. The van der Waals surface area contributed by atoms with E-state index in [0.717, 1.165) is 5.52 Å². The number of urea groups is 1. The molecule has 4 aromatic rings. The number of hydrogen-bond donors (Lipinski definition) is 2. The average molecular weight is 461 g/mol. The second kappa shape index (κ2) is 7.96. The first kappa shape index (κ1) is 20.5. The second-order valence-corrected chi connectivity index (χ2v) is 7.97. The molecule has 4 heterocycles. The summed E-state index contributed by atoms with van der Waals surface area (Å²) in [6.45, 7) is 0.960. The molecule has 33 heavy (non-hydrogen) atoms. The summed E-state index contributed by atoms with van der Waals surface area (Å²) < 4.78 is 3.45. The van der Waals surface area contributed by atoms with Crippen LogP contribution >= 0.6 is 11.6 Å². The van der Waals surface area contributed by atoms with Gasteiger partial charge in [-0.25, -0.2) is 9.78 Å². The number of imidazole rings is 1. The molecule has 0 radical (unpaired) electrons. The molecule has 11 heteroatoms. The Balaban J connectivity index is 1.46. The van der Waals surface area contributed by atoms with Gasteiger partial charge in [0.05, 0.1) is 59.0 Å². The van der Waals surface area contributed by atoms with E-state index >= 15 is 0 Å². The van der Waals surface area contributed by atoms with Gasteiger partial charge in [-0.05, 0) is 30.3 Å². The summed E-state index contributed by atoms with van der Waals surface area (Å²) in [5.74, 6) is -0.637. The number of nitrogens with zero attached hydrogens (tertiary/aromatic N) is 6. The van der Waals surface area contributed by atoms with E-state index in [1.807, 2.05) is 6.07 Å². The van der Waals surface area contributed by atoms with Crippen LogP contribution < -0.4 is 11.1 Å². The van der Waals surface area contributed by atoms with Crippen molar-refractivity contribution in [2.75, 3.05) is 11.9 Å². The van der Waals surface area contributed by atoms with Gasteiger partial charge < -0.3 is 20.4 Å². The summed E-state index contributed by atoms with van der Waals surface area (Å²) in [5.41, 5.74) is 9.37. The maximum Gasteiger partial charge on any atom is 0.322 e. The van der Waals surface area contributed by atoms with E-state index in [-0.39, 0.29) is 18.1 Å². The molecule has 10 nitrogen and oxygen atoms in total. The highest BCUT2D eigenvalue weighted by atomic mass is 35.5. The van der Waals surface area contributed by atoms with Crippen molar-refractivity contribution in [2.45, 2.75) is 13.1 Å². The van der Waals surface area contributed by atoms with Gasteiger partial charge in [0.15, 0.2) is 0 Å². The Labute approximate surface area is 192 Å². The smallest absolute Gasteiger partial charge is 0.322 e. The lowest BCUT2D eigenvalue weighted by Crippen LogP contribution is -2.41. The van der Waals surface area contributed by atoms with Crippen molar-refractivity contribution in [3.05, 3.63) is 70.9 Å². The number of rotatable bonds is 3. The lowest BCUT2D eigenvalue weighted by Gasteiger charge is -2.28. The first-order valence-electron chi connectivity index (χ1n) is 10.0. The molecule has 0 unspecified atom stereocenters. The molecular weight excluding hydrogens is 444 g/mol. The van der Waals surface area contributed by atoms with Crippen LogP contribution in [0, 0.1) is 11.3 Å². The number of nitrogens with two attached hydrogens (primary N) is 1. The minimum atomic E-state index is -0.637. The summed E-state index contributed by atoms with van der Waals surface area (Å²) in [7, 11) is 0. The van der Waals surface area contributed by atoms with Crippen molar-refractivity contribution < 1.29 is 9.59 Å². The molecule has 0 aliphatic carbocycles. The van der Waals surface area contributed by atoms with E-state index in [1.165, 1.54) is 0 Å². The van der Waals surface area contributed by atoms with Gasteiger partial charge in [0.2, 0.25) is 0 Å². The highest BCUT2D eigenvalue weighted by molar-refractivity contribution is 6.34. The fourth-order valence-corrected chi connectivity index (χ4v) is 4.17. The predicted octanol–water partition coefficient (Wildman–Crippen LogP) is 2.87. The average Bonchev–Trinajstić information content (AvgIpc) is 3.44. The number of halogens is 1. The highest BCUT2D eigenvalue weighted by Gasteiger charge is 2.30. The number of anilines is 1. The summed E-state index contributed by atoms with van der Waals surface area (Å²) in [4.78, 5) is 30.9. The summed E-state index contributed by atoms with van der Waals surface area (Å²) in [6, 6.07) is 10.00. The van der Waals surface area contributed by atoms with E-state index in [0.29, 0.717) is 46.3 Å². The van der Waals surface area contributed by atoms with Crippen molar-refractivity contribution in [1.29, 1.82) is 5.26 Å². The topological polar surface area (TPSA) is 134 Å². The third-order valence-corrected chi connectivity index (χ3v) is 5.83. The zero-order valence-electron chi connectivity index (χ0n) is 17.2. The first-order chi connectivity index (χ1) is 15.9. The third kappa shape index (κ3) is 3.64. The molecule has 3 N–H and O–H groups in total. The van der Waals surface area contributed by atoms with E-state index in [4.69, 9.17) is 22.6 Å². The molecule has 0 saturated heterocycles.